The number of pyridine rings is 1. The van der Waals surface area contributed by atoms with Gasteiger partial charge in [-0.1, -0.05) is 0 Å². The van der Waals surface area contributed by atoms with Crippen molar-refractivity contribution >= 4 is 5.82 Å². The number of benzene rings is 1. The summed E-state index contributed by atoms with van der Waals surface area (Å²) in [6.45, 7) is 3.89. The Morgan fingerprint density at radius 1 is 1.22 bits per heavy atom. The van der Waals surface area contributed by atoms with Gasteiger partial charge in [-0.3, -0.25) is 9.55 Å². The average molecular weight is 442 g/mol. The number of fused-ring (bicyclic) bond motifs is 3. The molecule has 0 amide bonds. The van der Waals surface area contributed by atoms with Crippen molar-refractivity contribution < 1.29 is 23.0 Å². The van der Waals surface area contributed by atoms with Crippen molar-refractivity contribution in [3.8, 4) is 17.4 Å². The van der Waals surface area contributed by atoms with E-state index in [1.807, 2.05) is 0 Å². The Bertz CT molecular complexity index is 1210. The zero-order valence-corrected chi connectivity index (χ0v) is 17.3. The van der Waals surface area contributed by atoms with Gasteiger partial charge in [-0.15, -0.1) is 0 Å². The van der Waals surface area contributed by atoms with Gasteiger partial charge in [0.05, 0.1) is 25.8 Å². The number of anilines is 1. The highest BCUT2D eigenvalue weighted by Gasteiger charge is 2.33. The molecule has 8 nitrogen and oxygen atoms in total. The molecule has 166 valence electrons. The molecule has 10 heteroatoms. The summed E-state index contributed by atoms with van der Waals surface area (Å²) in [5.74, 6) is -1.15. The van der Waals surface area contributed by atoms with Crippen LogP contribution in [0.15, 0.2) is 41.3 Å². The highest BCUT2D eigenvalue weighted by Crippen LogP contribution is 2.30. The van der Waals surface area contributed by atoms with Crippen molar-refractivity contribution in [2.75, 3.05) is 24.7 Å². The zero-order valence-electron chi connectivity index (χ0n) is 17.3. The van der Waals surface area contributed by atoms with Crippen LogP contribution in [0.2, 0.25) is 0 Å². The molecule has 1 saturated heterocycles. The minimum atomic E-state index is -0.865. The summed E-state index contributed by atoms with van der Waals surface area (Å²) in [5.41, 5.74) is 0.472. The Balaban J connectivity index is 1.32. The number of aryl methyl sites for hydroxylation is 1. The third kappa shape index (κ3) is 3.89. The number of rotatable bonds is 5. The molecule has 4 heterocycles. The van der Waals surface area contributed by atoms with E-state index in [2.05, 4.69) is 14.9 Å². The molecular formula is C22H20F2N4O4. The summed E-state index contributed by atoms with van der Waals surface area (Å²) in [6, 6.07) is 7.11. The van der Waals surface area contributed by atoms with Gasteiger partial charge in [-0.05, 0) is 30.7 Å². The van der Waals surface area contributed by atoms with E-state index >= 15 is 0 Å². The molecule has 32 heavy (non-hydrogen) atoms. The summed E-state index contributed by atoms with van der Waals surface area (Å²) in [5, 5.41) is 0. The number of nitrogens with zero attached hydrogens (tertiary/aromatic N) is 4. The van der Waals surface area contributed by atoms with Gasteiger partial charge in [-0.25, -0.2) is 13.6 Å². The number of hydrogen-bond donors (Lipinski definition) is 0. The molecular weight excluding hydrogens is 422 g/mol. The van der Waals surface area contributed by atoms with Crippen LogP contribution in [-0.2, 0) is 17.9 Å². The topological polar surface area (TPSA) is 78.7 Å². The van der Waals surface area contributed by atoms with Crippen LogP contribution in [0, 0.1) is 18.6 Å². The zero-order chi connectivity index (χ0) is 22.2. The highest BCUT2D eigenvalue weighted by atomic mass is 19.1. The molecule has 0 unspecified atom stereocenters. The van der Waals surface area contributed by atoms with E-state index in [1.54, 1.807) is 23.6 Å². The van der Waals surface area contributed by atoms with Crippen molar-refractivity contribution in [1.29, 1.82) is 0 Å². The van der Waals surface area contributed by atoms with Crippen LogP contribution in [-0.4, -0.2) is 40.3 Å². The van der Waals surface area contributed by atoms with Crippen molar-refractivity contribution in [2.45, 2.75) is 26.1 Å². The molecule has 2 aliphatic rings. The fraction of sp³-hybridized carbons (Fsp3) is 0.318. The lowest BCUT2D eigenvalue weighted by Gasteiger charge is -2.30. The lowest BCUT2D eigenvalue weighted by molar-refractivity contribution is 0.0956. The second-order valence-electron chi connectivity index (χ2n) is 7.68. The minimum absolute atomic E-state index is 0.0911. The van der Waals surface area contributed by atoms with Gasteiger partial charge < -0.3 is 19.1 Å². The first-order valence-electron chi connectivity index (χ1n) is 10.2. The first kappa shape index (κ1) is 20.4. The second-order valence-corrected chi connectivity index (χ2v) is 7.68. The molecule has 0 radical (unpaired) electrons. The standard InChI is InChI=1S/C22H20F2N4O4/c1-13-6-16(2-3-25-13)32-21-17(23)7-14(8-18(21)24)11-31-19-9-20-27-4-5-30-12-15(27)10-28(20)22(29)26-19/h2-3,6-9,15H,4-5,10-12H2,1H3/t15-/m0/s1. The SMILES string of the molecule is Cc1cc(Oc2c(F)cc(COc3cc4n(c(=O)n3)C[C@H]3COCCN43)cc2F)ccn1. The van der Waals surface area contributed by atoms with Crippen LogP contribution in [0.5, 0.6) is 17.4 Å². The average Bonchev–Trinajstić information content (AvgIpc) is 3.14. The van der Waals surface area contributed by atoms with Crippen LogP contribution >= 0.6 is 0 Å². The molecule has 1 aromatic carbocycles. The van der Waals surface area contributed by atoms with Crippen LogP contribution in [0.1, 0.15) is 11.3 Å². The Kier molecular flexibility index (Phi) is 5.22. The molecule has 1 atom stereocenters. The Hall–Kier alpha value is -3.53. The maximum atomic E-state index is 14.5. The van der Waals surface area contributed by atoms with Gasteiger partial charge in [0.1, 0.15) is 18.2 Å². The summed E-state index contributed by atoms with van der Waals surface area (Å²) in [6.07, 6.45) is 1.49. The maximum Gasteiger partial charge on any atom is 0.352 e. The van der Waals surface area contributed by atoms with Crippen molar-refractivity contribution in [2.24, 2.45) is 0 Å². The van der Waals surface area contributed by atoms with Crippen LogP contribution in [0.4, 0.5) is 14.6 Å². The first-order chi connectivity index (χ1) is 15.5. The van der Waals surface area contributed by atoms with E-state index in [-0.39, 0.29) is 29.8 Å². The number of ether oxygens (including phenoxy) is 3. The molecule has 0 bridgehead atoms. The number of aromatic nitrogens is 3. The van der Waals surface area contributed by atoms with Crippen molar-refractivity contribution in [1.82, 2.24) is 14.5 Å². The fourth-order valence-corrected chi connectivity index (χ4v) is 3.93. The van der Waals surface area contributed by atoms with Crippen molar-refractivity contribution in [3.63, 3.8) is 0 Å². The van der Waals surface area contributed by atoms with Gasteiger partial charge in [0.2, 0.25) is 5.88 Å². The van der Waals surface area contributed by atoms with Crippen LogP contribution in [0.3, 0.4) is 0 Å². The van der Waals surface area contributed by atoms with Gasteiger partial charge in [-0.2, -0.15) is 4.98 Å². The predicted octanol–water partition coefficient (Wildman–Crippen LogP) is 2.82. The lowest BCUT2D eigenvalue weighted by atomic mass is 10.2. The Labute approximate surface area is 182 Å². The predicted molar refractivity (Wildman–Crippen MR) is 110 cm³/mol. The van der Waals surface area contributed by atoms with Crippen molar-refractivity contribution in [3.05, 3.63) is 69.9 Å². The molecule has 5 rings (SSSR count). The molecule has 0 aliphatic carbocycles. The smallest absolute Gasteiger partial charge is 0.352 e. The fourth-order valence-electron chi connectivity index (χ4n) is 3.93. The number of morpholine rings is 1. The van der Waals surface area contributed by atoms with Crippen LogP contribution < -0.4 is 20.1 Å². The molecule has 2 aliphatic heterocycles. The Morgan fingerprint density at radius 2 is 2.03 bits per heavy atom. The van der Waals surface area contributed by atoms with Gasteiger partial charge in [0.25, 0.3) is 0 Å². The molecule has 2 aromatic heterocycles. The summed E-state index contributed by atoms with van der Waals surface area (Å²) >= 11 is 0. The van der Waals surface area contributed by atoms with Crippen LogP contribution in [0.25, 0.3) is 0 Å². The summed E-state index contributed by atoms with van der Waals surface area (Å²) in [7, 11) is 0. The summed E-state index contributed by atoms with van der Waals surface area (Å²) < 4.78 is 47.1. The molecule has 0 spiro atoms. The summed E-state index contributed by atoms with van der Waals surface area (Å²) in [4.78, 5) is 22.5. The third-order valence-corrected chi connectivity index (χ3v) is 5.41. The number of halogens is 2. The molecule has 0 saturated carbocycles. The second kappa shape index (κ2) is 8.19. The number of hydrogen-bond acceptors (Lipinski definition) is 7. The first-order valence-corrected chi connectivity index (χ1v) is 10.2. The molecule has 0 N–H and O–H groups in total. The van der Waals surface area contributed by atoms with E-state index in [0.29, 0.717) is 37.8 Å². The largest absolute Gasteiger partial charge is 0.473 e. The normalized spacial score (nSPS) is 17.1. The Morgan fingerprint density at radius 3 is 2.81 bits per heavy atom. The highest BCUT2D eigenvalue weighted by molar-refractivity contribution is 5.47. The van der Waals surface area contributed by atoms with E-state index in [4.69, 9.17) is 14.2 Å². The molecule has 3 aromatic rings. The lowest BCUT2D eigenvalue weighted by Crippen LogP contribution is -2.43. The van der Waals surface area contributed by atoms with E-state index in [1.165, 1.54) is 12.3 Å². The molecule has 1 fully saturated rings. The van der Waals surface area contributed by atoms with Gasteiger partial charge >= 0.3 is 5.69 Å². The van der Waals surface area contributed by atoms with E-state index in [9.17, 15) is 13.6 Å². The monoisotopic (exact) mass is 442 g/mol. The quantitative estimate of drug-likeness (QED) is 0.601. The minimum Gasteiger partial charge on any atom is -0.473 e. The maximum absolute atomic E-state index is 14.5. The third-order valence-electron chi connectivity index (χ3n) is 5.41. The van der Waals surface area contributed by atoms with Gasteiger partial charge in [0.15, 0.2) is 17.4 Å². The van der Waals surface area contributed by atoms with E-state index in [0.717, 1.165) is 12.1 Å². The van der Waals surface area contributed by atoms with E-state index < -0.39 is 23.1 Å². The van der Waals surface area contributed by atoms with Gasteiger partial charge in [0, 0.05) is 30.6 Å².